The van der Waals surface area contributed by atoms with Crippen LogP contribution in [0.2, 0.25) is 0 Å². The number of methoxy groups -OCH3 is 2. The van der Waals surface area contributed by atoms with Crippen molar-refractivity contribution >= 4 is 28.3 Å². The molecule has 35 heavy (non-hydrogen) atoms. The van der Waals surface area contributed by atoms with Crippen molar-refractivity contribution < 1.29 is 18.7 Å². The van der Waals surface area contributed by atoms with Crippen LogP contribution in [0.4, 0.5) is 15.8 Å². The van der Waals surface area contributed by atoms with Gasteiger partial charge in [0, 0.05) is 25.1 Å². The Morgan fingerprint density at radius 1 is 1.23 bits per heavy atom. The van der Waals surface area contributed by atoms with Crippen LogP contribution >= 0.6 is 0 Å². The Kier molecular flexibility index (Phi) is 6.97. The number of hydrogen-bond acceptors (Lipinski definition) is 5. The van der Waals surface area contributed by atoms with Gasteiger partial charge in [-0.05, 0) is 49.8 Å². The van der Waals surface area contributed by atoms with E-state index in [9.17, 15) is 9.18 Å². The molecule has 0 fully saturated rings. The van der Waals surface area contributed by atoms with Crippen LogP contribution in [-0.4, -0.2) is 43.2 Å². The van der Waals surface area contributed by atoms with Gasteiger partial charge in [-0.3, -0.25) is 4.79 Å². The SMILES string of the molecule is CCN(CC)c1cc2nc(C3C=CC(F)=CC3C)[nH]c2cc1NC(=O)C1=C=C=C(OC)C(OC)=C1. The molecule has 2 aliphatic rings. The molecule has 4 rings (SSSR count). The molecular formula is C27H29FN4O3. The number of amides is 1. The molecule has 0 saturated carbocycles. The quantitative estimate of drug-likeness (QED) is 0.509. The number of carbonyl (C=O) groups excluding carboxylic acids is 1. The molecule has 7 nitrogen and oxygen atoms in total. The Morgan fingerprint density at radius 3 is 2.66 bits per heavy atom. The molecule has 1 amide bonds. The third-order valence-electron chi connectivity index (χ3n) is 6.22. The van der Waals surface area contributed by atoms with Crippen molar-refractivity contribution in [3.05, 3.63) is 76.6 Å². The van der Waals surface area contributed by atoms with E-state index in [4.69, 9.17) is 14.5 Å². The van der Waals surface area contributed by atoms with Gasteiger partial charge in [-0.25, -0.2) is 9.37 Å². The number of fused-ring (bicyclic) bond motifs is 1. The van der Waals surface area contributed by atoms with Crippen LogP contribution in [0.25, 0.3) is 11.0 Å². The molecule has 0 bridgehead atoms. The van der Waals surface area contributed by atoms with Gasteiger partial charge in [0.1, 0.15) is 11.7 Å². The van der Waals surface area contributed by atoms with Gasteiger partial charge in [0.05, 0.1) is 42.2 Å². The number of carbonyl (C=O) groups is 1. The van der Waals surface area contributed by atoms with Crippen LogP contribution in [0, 0.1) is 5.92 Å². The number of nitrogens with zero attached hydrogens (tertiary/aromatic N) is 2. The number of allylic oxidation sites excluding steroid dienone is 4. The topological polar surface area (TPSA) is 79.5 Å². The zero-order valence-electron chi connectivity index (χ0n) is 20.5. The molecule has 182 valence electrons. The monoisotopic (exact) mass is 476 g/mol. The number of ether oxygens (including phenoxy) is 2. The van der Waals surface area contributed by atoms with Crippen molar-refractivity contribution in [2.75, 3.05) is 37.5 Å². The van der Waals surface area contributed by atoms with E-state index in [2.05, 4.69) is 40.5 Å². The van der Waals surface area contributed by atoms with Crippen LogP contribution in [0.15, 0.2) is 70.8 Å². The first kappa shape index (κ1) is 24.1. The maximum atomic E-state index is 13.6. The summed E-state index contributed by atoms with van der Waals surface area (Å²) < 4.78 is 24.1. The minimum absolute atomic E-state index is 0.0289. The Bertz CT molecular complexity index is 1350. The second-order valence-corrected chi connectivity index (χ2v) is 8.34. The van der Waals surface area contributed by atoms with Crippen molar-refractivity contribution in [3.63, 3.8) is 0 Å². The van der Waals surface area contributed by atoms with Crippen LogP contribution in [0.5, 0.6) is 0 Å². The lowest BCUT2D eigenvalue weighted by molar-refractivity contribution is -0.112. The zero-order chi connectivity index (χ0) is 25.1. The van der Waals surface area contributed by atoms with Crippen molar-refractivity contribution in [1.82, 2.24) is 9.97 Å². The van der Waals surface area contributed by atoms with Gasteiger partial charge in [0.15, 0.2) is 5.76 Å². The zero-order valence-corrected chi connectivity index (χ0v) is 20.5. The molecule has 2 aliphatic carbocycles. The fraction of sp³-hybridized carbons (Fsp3) is 0.333. The Morgan fingerprint density at radius 2 is 2.00 bits per heavy atom. The third kappa shape index (κ3) is 4.80. The molecule has 8 heteroatoms. The number of halogens is 1. The normalized spacial score (nSPS) is 19.0. The summed E-state index contributed by atoms with van der Waals surface area (Å²) >= 11 is 0. The molecule has 0 spiro atoms. The minimum Gasteiger partial charge on any atom is -0.492 e. The highest BCUT2D eigenvalue weighted by Gasteiger charge is 2.24. The van der Waals surface area contributed by atoms with E-state index in [1.54, 1.807) is 12.2 Å². The van der Waals surface area contributed by atoms with Gasteiger partial charge < -0.3 is 24.7 Å². The van der Waals surface area contributed by atoms with E-state index < -0.39 is 0 Å². The molecular weight excluding hydrogens is 447 g/mol. The molecule has 1 aromatic heterocycles. The number of rotatable bonds is 8. The maximum absolute atomic E-state index is 13.6. The van der Waals surface area contributed by atoms with E-state index in [1.807, 2.05) is 25.1 Å². The van der Waals surface area contributed by atoms with E-state index in [1.165, 1.54) is 20.3 Å². The number of anilines is 2. The van der Waals surface area contributed by atoms with E-state index >= 15 is 0 Å². The fourth-order valence-corrected chi connectivity index (χ4v) is 4.30. The second kappa shape index (κ2) is 10.1. The summed E-state index contributed by atoms with van der Waals surface area (Å²) in [6.45, 7) is 7.59. The second-order valence-electron chi connectivity index (χ2n) is 8.34. The molecule has 0 aliphatic heterocycles. The van der Waals surface area contributed by atoms with E-state index in [-0.39, 0.29) is 29.1 Å². The summed E-state index contributed by atoms with van der Waals surface area (Å²) in [7, 11) is 3.00. The first-order valence-corrected chi connectivity index (χ1v) is 11.6. The molecule has 2 atom stereocenters. The summed E-state index contributed by atoms with van der Waals surface area (Å²) in [4.78, 5) is 23.5. The Hall–Kier alpha value is -3.99. The number of nitrogens with one attached hydrogen (secondary N) is 2. The minimum atomic E-state index is -0.348. The number of aromatic amines is 1. The number of imidazole rings is 1. The van der Waals surface area contributed by atoms with Gasteiger partial charge >= 0.3 is 0 Å². The summed E-state index contributed by atoms with van der Waals surface area (Å²) in [6.07, 6.45) is 6.47. The highest BCUT2D eigenvalue weighted by atomic mass is 19.1. The lowest BCUT2D eigenvalue weighted by atomic mass is 9.89. The van der Waals surface area contributed by atoms with Gasteiger partial charge in [0.2, 0.25) is 5.76 Å². The van der Waals surface area contributed by atoms with Crippen LogP contribution < -0.4 is 10.2 Å². The van der Waals surface area contributed by atoms with E-state index in [0.29, 0.717) is 17.2 Å². The molecule has 0 radical (unpaired) electrons. The van der Waals surface area contributed by atoms with E-state index in [0.717, 1.165) is 35.6 Å². The molecule has 2 unspecified atom stereocenters. The number of aromatic nitrogens is 2. The van der Waals surface area contributed by atoms with Gasteiger partial charge in [0.25, 0.3) is 5.91 Å². The maximum Gasteiger partial charge on any atom is 0.264 e. The molecule has 1 heterocycles. The summed E-state index contributed by atoms with van der Waals surface area (Å²) in [6, 6.07) is 3.85. The van der Waals surface area contributed by atoms with Crippen molar-refractivity contribution in [2.45, 2.75) is 26.7 Å². The number of H-pyrrole nitrogens is 1. The highest BCUT2D eigenvalue weighted by molar-refractivity contribution is 6.08. The smallest absolute Gasteiger partial charge is 0.264 e. The standard InChI is InChI=1S/C27H29FN4O3/c1-6-32(7-2)23-15-21-20(29-26(30-21)19-10-9-18(28)12-16(19)3)14-22(23)31-27(33)17-8-11-24(34-4)25(13-17)35-5/h9-10,12-16,19H,6-7H2,1-5H3,(H,29,30)(H,31,33). The van der Waals surface area contributed by atoms with Gasteiger partial charge in [-0.2, -0.15) is 0 Å². The molecule has 2 N–H and O–H groups in total. The Labute approximate surface area is 204 Å². The van der Waals surface area contributed by atoms with Crippen molar-refractivity contribution in [3.8, 4) is 0 Å². The van der Waals surface area contributed by atoms with Gasteiger partial charge in [-0.1, -0.05) is 18.7 Å². The largest absolute Gasteiger partial charge is 0.492 e. The van der Waals surface area contributed by atoms with Gasteiger partial charge in [-0.15, -0.1) is 0 Å². The van der Waals surface area contributed by atoms with Crippen LogP contribution in [0.1, 0.15) is 32.5 Å². The predicted octanol–water partition coefficient (Wildman–Crippen LogP) is 5.25. The first-order valence-electron chi connectivity index (χ1n) is 11.6. The van der Waals surface area contributed by atoms with Crippen molar-refractivity contribution in [2.24, 2.45) is 5.92 Å². The van der Waals surface area contributed by atoms with Crippen LogP contribution in [-0.2, 0) is 14.3 Å². The molecule has 0 saturated heterocycles. The number of hydrogen-bond donors (Lipinski definition) is 2. The highest BCUT2D eigenvalue weighted by Crippen LogP contribution is 2.35. The lowest BCUT2D eigenvalue weighted by Gasteiger charge is -2.24. The lowest BCUT2D eigenvalue weighted by Crippen LogP contribution is -2.24. The molecule has 2 aromatic rings. The molecule has 1 aromatic carbocycles. The third-order valence-corrected chi connectivity index (χ3v) is 6.22. The summed E-state index contributed by atoms with van der Waals surface area (Å²) in [5, 5.41) is 3.01. The Balaban J connectivity index is 1.73. The fourth-order valence-electron chi connectivity index (χ4n) is 4.30. The average molecular weight is 477 g/mol. The average Bonchev–Trinajstić information content (AvgIpc) is 3.26. The summed E-state index contributed by atoms with van der Waals surface area (Å²) in [5.74, 6) is 0.855. The van der Waals surface area contributed by atoms with Crippen molar-refractivity contribution in [1.29, 1.82) is 0 Å². The first-order chi connectivity index (χ1) is 16.9. The van der Waals surface area contributed by atoms with Crippen LogP contribution in [0.3, 0.4) is 0 Å². The summed E-state index contributed by atoms with van der Waals surface area (Å²) in [5.41, 5.74) is 8.98. The number of benzene rings is 1. The predicted molar refractivity (Wildman–Crippen MR) is 135 cm³/mol.